The van der Waals surface area contributed by atoms with Crippen molar-refractivity contribution in [1.82, 2.24) is 5.48 Å². The topological polar surface area (TPSA) is 55.4 Å². The number of nitrogens with zero attached hydrogens (tertiary/aromatic N) is 1. The van der Waals surface area contributed by atoms with Gasteiger partial charge < -0.3 is 21.7 Å². The van der Waals surface area contributed by atoms with Crippen molar-refractivity contribution in [3.63, 3.8) is 0 Å². The fraction of sp³-hybridized carbons (Fsp3) is 0.953. The Bertz CT molecular complexity index is 613. The van der Waals surface area contributed by atoms with Gasteiger partial charge in [-0.15, -0.1) is 0 Å². The quantitative estimate of drug-likeness (QED) is 0.0403. The summed E-state index contributed by atoms with van der Waals surface area (Å²) in [5.74, 6) is -0.473. The molecule has 6 heteroatoms. The second-order valence-corrected chi connectivity index (χ2v) is 15.4. The highest BCUT2D eigenvalue weighted by molar-refractivity contribution is 5.77. The average Bonchev–Trinajstić information content (AvgIpc) is 3.07. The van der Waals surface area contributed by atoms with Gasteiger partial charge in [0.25, 0.3) is 5.91 Å². The maximum atomic E-state index is 11.9. The third-order valence-corrected chi connectivity index (χ3v) is 9.96. The zero-order chi connectivity index (χ0) is 35.8. The molecule has 0 aromatic heterocycles. The van der Waals surface area contributed by atoms with Crippen LogP contribution in [0.1, 0.15) is 240 Å². The van der Waals surface area contributed by atoms with Crippen LogP contribution in [0.25, 0.3) is 0 Å². The smallest absolute Gasteiger partial charge is 0.332 e. The van der Waals surface area contributed by atoms with Crippen molar-refractivity contribution in [2.24, 2.45) is 0 Å². The van der Waals surface area contributed by atoms with Crippen molar-refractivity contribution in [2.75, 3.05) is 27.2 Å². The Morgan fingerprint density at radius 3 is 0.980 bits per heavy atom. The first-order valence-corrected chi connectivity index (χ1v) is 21.6. The highest BCUT2D eigenvalue weighted by Crippen LogP contribution is 2.15. The van der Waals surface area contributed by atoms with E-state index in [9.17, 15) is 9.59 Å². The predicted octanol–water partition coefficient (Wildman–Crippen LogP) is 10.6. The fourth-order valence-electron chi connectivity index (χ4n) is 6.28. The van der Waals surface area contributed by atoms with Crippen LogP contribution in [0, 0.1) is 0 Å². The molecule has 0 rings (SSSR count). The number of quaternary nitrogens is 1. The van der Waals surface area contributed by atoms with Gasteiger partial charge >= 0.3 is 5.97 Å². The Balaban J connectivity index is -0.00000207. The lowest BCUT2D eigenvalue weighted by Crippen LogP contribution is -3.00. The largest absolute Gasteiger partial charge is 1.00 e. The predicted molar refractivity (Wildman–Crippen MR) is 211 cm³/mol. The van der Waals surface area contributed by atoms with Gasteiger partial charge in [-0.25, -0.2) is 4.79 Å². The number of unbranched alkanes of at least 4 members (excludes halogenated alkanes) is 28. The summed E-state index contributed by atoms with van der Waals surface area (Å²) in [6.07, 6.45) is 41.5. The van der Waals surface area contributed by atoms with E-state index in [0.717, 1.165) is 30.2 Å². The van der Waals surface area contributed by atoms with Crippen LogP contribution >= 0.6 is 0 Å². The van der Waals surface area contributed by atoms with E-state index in [1.807, 2.05) is 0 Å². The normalized spacial score (nSPS) is 11.1. The highest BCUT2D eigenvalue weighted by atomic mass is 35.5. The fourth-order valence-corrected chi connectivity index (χ4v) is 6.28. The summed E-state index contributed by atoms with van der Waals surface area (Å²) in [4.78, 5) is 28.7. The Morgan fingerprint density at radius 2 is 0.714 bits per heavy atom. The molecule has 0 fully saturated rings. The first-order chi connectivity index (χ1) is 23.3. The molecule has 0 aliphatic rings. The molecule has 1 N–H and O–H groups in total. The summed E-state index contributed by atoms with van der Waals surface area (Å²) < 4.78 is 1.16. The van der Waals surface area contributed by atoms with Crippen molar-refractivity contribution in [3.05, 3.63) is 0 Å². The number of halogens is 1. The van der Waals surface area contributed by atoms with Gasteiger partial charge in [-0.05, 0) is 26.2 Å². The zero-order valence-corrected chi connectivity index (χ0v) is 35.1. The van der Waals surface area contributed by atoms with Crippen LogP contribution in [-0.2, 0) is 14.4 Å². The molecule has 296 valence electrons. The van der Waals surface area contributed by atoms with Crippen molar-refractivity contribution in [2.45, 2.75) is 240 Å². The number of amides is 1. The minimum atomic E-state index is -0.306. The second kappa shape index (κ2) is 43.4. The van der Waals surface area contributed by atoms with Gasteiger partial charge in [-0.2, -0.15) is 5.48 Å². The van der Waals surface area contributed by atoms with Gasteiger partial charge in [0.2, 0.25) is 0 Å². The van der Waals surface area contributed by atoms with Gasteiger partial charge in [-0.3, -0.25) is 4.79 Å². The molecule has 0 atom stereocenters. The zero-order valence-electron chi connectivity index (χ0n) is 34.3. The number of rotatable bonds is 35. The van der Waals surface area contributed by atoms with Gasteiger partial charge in [0, 0.05) is 12.8 Å². The van der Waals surface area contributed by atoms with Crippen molar-refractivity contribution in [3.8, 4) is 0 Å². The molecule has 0 aromatic carbocycles. The number of hydrogen-bond acceptors (Lipinski definition) is 3. The second-order valence-electron chi connectivity index (χ2n) is 15.4. The molecule has 0 aliphatic carbocycles. The summed E-state index contributed by atoms with van der Waals surface area (Å²) in [5, 5.41) is 0. The van der Waals surface area contributed by atoms with Gasteiger partial charge in [0.15, 0.2) is 0 Å². The van der Waals surface area contributed by atoms with Crippen molar-refractivity contribution in [1.29, 1.82) is 0 Å². The Hall–Kier alpha value is -0.810. The van der Waals surface area contributed by atoms with Crippen molar-refractivity contribution < 1.29 is 31.3 Å². The molecule has 0 unspecified atom stereocenters. The van der Waals surface area contributed by atoms with Crippen LogP contribution in [0.5, 0.6) is 0 Å². The van der Waals surface area contributed by atoms with Crippen LogP contribution in [0.2, 0.25) is 0 Å². The van der Waals surface area contributed by atoms with E-state index in [1.165, 1.54) is 186 Å². The molecule has 1 amide bonds. The van der Waals surface area contributed by atoms with E-state index < -0.39 is 0 Å². The van der Waals surface area contributed by atoms with Crippen LogP contribution in [0.4, 0.5) is 0 Å². The lowest BCUT2D eigenvalue weighted by atomic mass is 10.0. The SMILES string of the molecule is CCCCCCCCCCCCCCCCCC(=O)NOC(=O)CCCCCCCCCCCCCCCCC.CCC[N+](C)(C)CC.[Cl-]. The van der Waals surface area contributed by atoms with Crippen molar-refractivity contribution >= 4 is 11.9 Å². The van der Waals surface area contributed by atoms with Crippen LogP contribution in [-0.4, -0.2) is 43.5 Å². The molecule has 0 heterocycles. The standard InChI is InChI=1S/C36H71NO3.C7H18N.ClH/c1-3-5-7-9-11-13-15-17-19-21-23-25-27-29-31-33-35(38)37-40-36(39)34-32-30-28-26-24-22-20-18-16-14-12-10-8-6-4-2;1-5-7-8(3,4)6-2;/h3-34H2,1-2H3,(H,37,38);5-7H2,1-4H3;1H/q;+1;/p-1. The third kappa shape index (κ3) is 47.2. The molecule has 0 saturated carbocycles. The van der Waals surface area contributed by atoms with Gasteiger partial charge in [0.05, 0.1) is 27.2 Å². The van der Waals surface area contributed by atoms with Gasteiger partial charge in [-0.1, -0.05) is 201 Å². The van der Waals surface area contributed by atoms with E-state index in [-0.39, 0.29) is 24.3 Å². The van der Waals surface area contributed by atoms with Gasteiger partial charge in [0.1, 0.15) is 0 Å². The first-order valence-electron chi connectivity index (χ1n) is 21.6. The van der Waals surface area contributed by atoms with Crippen LogP contribution in [0.3, 0.4) is 0 Å². The summed E-state index contributed by atoms with van der Waals surface area (Å²) in [7, 11) is 4.53. The molecule has 0 spiro atoms. The molecular weight excluding hydrogens is 628 g/mol. The lowest BCUT2D eigenvalue weighted by molar-refractivity contribution is -0.888. The molecule has 49 heavy (non-hydrogen) atoms. The lowest BCUT2D eigenvalue weighted by Gasteiger charge is -2.27. The monoisotopic (exact) mass is 717 g/mol. The first kappa shape index (κ1) is 52.5. The van der Waals surface area contributed by atoms with E-state index in [0.29, 0.717) is 12.8 Å². The third-order valence-electron chi connectivity index (χ3n) is 9.96. The minimum absolute atomic E-state index is 0. The molecule has 0 aromatic rings. The molecule has 0 radical (unpaired) electrons. The Kier molecular flexibility index (Phi) is 46.5. The highest BCUT2D eigenvalue weighted by Gasteiger charge is 2.08. The molecular formula is C43H89ClN2O3. The van der Waals surface area contributed by atoms with Crippen LogP contribution < -0.4 is 17.9 Å². The maximum Gasteiger partial charge on any atom is 0.332 e. The molecule has 0 saturated heterocycles. The number of nitrogens with one attached hydrogen (secondary N) is 1. The van der Waals surface area contributed by atoms with Crippen LogP contribution in [0.15, 0.2) is 0 Å². The average molecular weight is 718 g/mol. The molecule has 5 nitrogen and oxygen atoms in total. The number of hydrogen-bond donors (Lipinski definition) is 1. The van der Waals surface area contributed by atoms with E-state index >= 15 is 0 Å². The minimum Gasteiger partial charge on any atom is -1.00 e. The molecule has 0 aliphatic heterocycles. The number of hydroxylamine groups is 1. The van der Waals surface area contributed by atoms with E-state index in [1.54, 1.807) is 0 Å². The van der Waals surface area contributed by atoms with E-state index in [2.05, 4.69) is 47.3 Å². The summed E-state index contributed by atoms with van der Waals surface area (Å²) in [6, 6.07) is 0. The Morgan fingerprint density at radius 1 is 0.429 bits per heavy atom. The number of carbonyl (C=O) groups excluding carboxylic acids is 2. The number of carbonyl (C=O) groups is 2. The maximum absolute atomic E-state index is 11.9. The Labute approximate surface area is 314 Å². The summed E-state index contributed by atoms with van der Waals surface area (Å²) in [5.41, 5.74) is 2.35. The van der Waals surface area contributed by atoms with E-state index in [4.69, 9.17) is 4.84 Å². The molecule has 0 bridgehead atoms. The summed E-state index contributed by atoms with van der Waals surface area (Å²) >= 11 is 0. The summed E-state index contributed by atoms with van der Waals surface area (Å²) in [6.45, 7) is 11.6.